The molecular weight excluding hydrogens is 228 g/mol. The van der Waals surface area contributed by atoms with Crippen molar-refractivity contribution in [1.29, 1.82) is 0 Å². The van der Waals surface area contributed by atoms with E-state index < -0.39 is 0 Å². The Bertz CT molecular complexity index is 448. The van der Waals surface area contributed by atoms with Crippen molar-refractivity contribution in [2.75, 3.05) is 7.11 Å². The van der Waals surface area contributed by atoms with Crippen LogP contribution in [0.15, 0.2) is 6.07 Å². The molecule has 0 spiro atoms. The Hall–Kier alpha value is -1.38. The molecule has 2 N–H and O–H groups in total. The van der Waals surface area contributed by atoms with Gasteiger partial charge < -0.3 is 14.9 Å². The number of hydrogen-bond acceptors (Lipinski definition) is 3. The molecule has 0 saturated carbocycles. The molecule has 0 saturated heterocycles. The van der Waals surface area contributed by atoms with Crippen molar-refractivity contribution in [3.8, 4) is 17.2 Å². The Balaban J connectivity index is 3.66. The summed E-state index contributed by atoms with van der Waals surface area (Å²) >= 11 is 0. The second kappa shape index (κ2) is 4.38. The standard InChI is InChI=1S/C15H24O3/c1-14(2,3)9-8-10(18-7)11(15(4,5)6)13(17)12(9)16/h8,16-17H,1-7H3. The number of aromatic hydroxyl groups is 2. The molecular formula is C15H24O3. The van der Waals surface area contributed by atoms with Crippen LogP contribution < -0.4 is 4.74 Å². The van der Waals surface area contributed by atoms with Gasteiger partial charge in [0.1, 0.15) is 5.75 Å². The Kier molecular flexibility index (Phi) is 3.57. The highest BCUT2D eigenvalue weighted by atomic mass is 16.5. The minimum atomic E-state index is -0.302. The van der Waals surface area contributed by atoms with E-state index in [0.29, 0.717) is 16.9 Å². The van der Waals surface area contributed by atoms with Crippen LogP contribution in [0.5, 0.6) is 17.2 Å². The molecule has 102 valence electrons. The molecule has 0 bridgehead atoms. The Labute approximate surface area is 109 Å². The molecule has 1 rings (SSSR count). The second-order valence-corrected chi connectivity index (χ2v) is 6.70. The van der Waals surface area contributed by atoms with Gasteiger partial charge in [0, 0.05) is 11.1 Å². The topological polar surface area (TPSA) is 49.7 Å². The van der Waals surface area contributed by atoms with E-state index in [-0.39, 0.29) is 22.3 Å². The predicted molar refractivity (Wildman–Crippen MR) is 73.7 cm³/mol. The van der Waals surface area contributed by atoms with Crippen LogP contribution in [0.4, 0.5) is 0 Å². The molecule has 0 amide bonds. The maximum Gasteiger partial charge on any atom is 0.165 e. The zero-order chi connectivity index (χ0) is 14.3. The van der Waals surface area contributed by atoms with Crippen LogP contribution in [0.1, 0.15) is 52.7 Å². The molecule has 3 heteroatoms. The smallest absolute Gasteiger partial charge is 0.165 e. The van der Waals surface area contributed by atoms with Gasteiger partial charge in [-0.15, -0.1) is 0 Å². The van der Waals surface area contributed by atoms with Crippen LogP contribution in [0.25, 0.3) is 0 Å². The molecule has 1 aromatic carbocycles. The molecule has 18 heavy (non-hydrogen) atoms. The molecule has 0 aliphatic heterocycles. The van der Waals surface area contributed by atoms with Crippen LogP contribution in [0.3, 0.4) is 0 Å². The summed E-state index contributed by atoms with van der Waals surface area (Å²) in [6.45, 7) is 11.9. The fourth-order valence-electron chi connectivity index (χ4n) is 2.09. The lowest BCUT2D eigenvalue weighted by Gasteiger charge is -2.28. The van der Waals surface area contributed by atoms with Crippen molar-refractivity contribution in [2.24, 2.45) is 0 Å². The van der Waals surface area contributed by atoms with E-state index in [9.17, 15) is 10.2 Å². The van der Waals surface area contributed by atoms with Gasteiger partial charge in [0.25, 0.3) is 0 Å². The summed E-state index contributed by atoms with van der Waals surface area (Å²) in [5, 5.41) is 20.5. The fraction of sp³-hybridized carbons (Fsp3) is 0.600. The summed E-state index contributed by atoms with van der Waals surface area (Å²) in [6.07, 6.45) is 0. The van der Waals surface area contributed by atoms with Crippen molar-refractivity contribution >= 4 is 0 Å². The summed E-state index contributed by atoms with van der Waals surface area (Å²) < 4.78 is 5.37. The third kappa shape index (κ3) is 2.55. The van der Waals surface area contributed by atoms with Gasteiger partial charge in [0.05, 0.1) is 7.11 Å². The molecule has 3 nitrogen and oxygen atoms in total. The number of rotatable bonds is 1. The van der Waals surface area contributed by atoms with Gasteiger partial charge in [-0.25, -0.2) is 0 Å². The third-order valence-corrected chi connectivity index (χ3v) is 3.02. The minimum Gasteiger partial charge on any atom is -0.504 e. The number of hydrogen-bond donors (Lipinski definition) is 2. The number of methoxy groups -OCH3 is 1. The molecule has 0 unspecified atom stereocenters. The van der Waals surface area contributed by atoms with Gasteiger partial charge in [-0.2, -0.15) is 0 Å². The van der Waals surface area contributed by atoms with Crippen LogP contribution in [-0.4, -0.2) is 17.3 Å². The summed E-state index contributed by atoms with van der Waals surface area (Å²) in [7, 11) is 1.58. The molecule has 0 fully saturated rings. The van der Waals surface area contributed by atoms with E-state index in [1.807, 2.05) is 47.6 Å². The average molecular weight is 252 g/mol. The first-order valence-electron chi connectivity index (χ1n) is 6.14. The number of benzene rings is 1. The van der Waals surface area contributed by atoms with E-state index in [4.69, 9.17) is 4.74 Å². The normalized spacial score (nSPS) is 12.6. The van der Waals surface area contributed by atoms with Crippen LogP contribution in [-0.2, 0) is 10.8 Å². The summed E-state index contributed by atoms with van der Waals surface area (Å²) in [5.74, 6) is 0.489. The monoisotopic (exact) mass is 252 g/mol. The average Bonchev–Trinajstić information content (AvgIpc) is 2.17. The highest BCUT2D eigenvalue weighted by Gasteiger charge is 2.30. The van der Waals surface area contributed by atoms with Crippen LogP contribution >= 0.6 is 0 Å². The van der Waals surface area contributed by atoms with E-state index in [1.54, 1.807) is 7.11 Å². The molecule has 0 atom stereocenters. The van der Waals surface area contributed by atoms with Crippen molar-refractivity contribution in [3.05, 3.63) is 17.2 Å². The second-order valence-electron chi connectivity index (χ2n) is 6.70. The minimum absolute atomic E-state index is 0.0479. The van der Waals surface area contributed by atoms with Crippen molar-refractivity contribution in [3.63, 3.8) is 0 Å². The van der Waals surface area contributed by atoms with Crippen molar-refractivity contribution < 1.29 is 14.9 Å². The lowest BCUT2D eigenvalue weighted by atomic mass is 9.80. The summed E-state index contributed by atoms with van der Waals surface area (Å²) in [5.41, 5.74) is 0.759. The highest BCUT2D eigenvalue weighted by Crippen LogP contribution is 2.48. The van der Waals surface area contributed by atoms with E-state index in [1.165, 1.54) is 0 Å². The van der Waals surface area contributed by atoms with Gasteiger partial charge in [-0.3, -0.25) is 0 Å². The fourth-order valence-corrected chi connectivity index (χ4v) is 2.09. The largest absolute Gasteiger partial charge is 0.504 e. The lowest BCUT2D eigenvalue weighted by molar-refractivity contribution is 0.352. The molecule has 0 aliphatic carbocycles. The Morgan fingerprint density at radius 3 is 1.72 bits per heavy atom. The summed E-state index contributed by atoms with van der Waals surface area (Å²) in [4.78, 5) is 0. The Morgan fingerprint density at radius 1 is 0.889 bits per heavy atom. The predicted octanol–water partition coefficient (Wildman–Crippen LogP) is 3.70. The first-order valence-corrected chi connectivity index (χ1v) is 6.14. The Morgan fingerprint density at radius 2 is 1.39 bits per heavy atom. The number of phenolic OH excluding ortho intramolecular Hbond substituents is 2. The molecule has 1 aromatic rings. The van der Waals surface area contributed by atoms with Gasteiger partial charge in [-0.1, -0.05) is 41.5 Å². The van der Waals surface area contributed by atoms with Gasteiger partial charge in [0.15, 0.2) is 11.5 Å². The molecule has 0 heterocycles. The zero-order valence-corrected chi connectivity index (χ0v) is 12.4. The number of phenols is 2. The van der Waals surface area contributed by atoms with Gasteiger partial charge in [-0.05, 0) is 16.9 Å². The van der Waals surface area contributed by atoms with Gasteiger partial charge in [0.2, 0.25) is 0 Å². The molecule has 0 aliphatic rings. The van der Waals surface area contributed by atoms with Crippen LogP contribution in [0.2, 0.25) is 0 Å². The van der Waals surface area contributed by atoms with Crippen molar-refractivity contribution in [2.45, 2.75) is 52.4 Å². The summed E-state index contributed by atoms with van der Waals surface area (Å²) in [6, 6.07) is 1.82. The van der Waals surface area contributed by atoms with E-state index in [2.05, 4.69) is 0 Å². The lowest BCUT2D eigenvalue weighted by Crippen LogP contribution is -2.17. The first-order chi connectivity index (χ1) is 8.00. The van der Waals surface area contributed by atoms with Gasteiger partial charge >= 0.3 is 0 Å². The first kappa shape index (κ1) is 14.7. The van der Waals surface area contributed by atoms with E-state index in [0.717, 1.165) is 0 Å². The van der Waals surface area contributed by atoms with E-state index >= 15 is 0 Å². The maximum atomic E-state index is 10.3. The molecule has 0 aromatic heterocycles. The van der Waals surface area contributed by atoms with Crippen molar-refractivity contribution in [1.82, 2.24) is 0 Å². The zero-order valence-electron chi connectivity index (χ0n) is 12.4. The number of ether oxygens (including phenoxy) is 1. The third-order valence-electron chi connectivity index (χ3n) is 3.02. The SMILES string of the molecule is COc1cc(C(C)(C)C)c(O)c(O)c1C(C)(C)C. The molecule has 0 radical (unpaired) electrons. The maximum absolute atomic E-state index is 10.3. The highest BCUT2D eigenvalue weighted by molar-refractivity contribution is 5.60. The van der Waals surface area contributed by atoms with Crippen LogP contribution in [0, 0.1) is 0 Å². The quantitative estimate of drug-likeness (QED) is 0.749.